The van der Waals surface area contributed by atoms with Gasteiger partial charge in [0.1, 0.15) is 11.4 Å². The van der Waals surface area contributed by atoms with Crippen LogP contribution in [0.2, 0.25) is 0 Å². The number of thiazole rings is 2. The molecule has 2 unspecified atom stereocenters. The number of hydrogen-bond acceptors (Lipinski definition) is 7. The van der Waals surface area contributed by atoms with Crippen molar-refractivity contribution in [1.29, 1.82) is 0 Å². The van der Waals surface area contributed by atoms with Crippen molar-refractivity contribution in [3.05, 3.63) is 40.1 Å². The molecular weight excluding hydrogens is 617 g/mol. The lowest BCUT2D eigenvalue weighted by atomic mass is 9.78. The van der Waals surface area contributed by atoms with Crippen molar-refractivity contribution in [3.63, 3.8) is 0 Å². The molecule has 4 aromatic rings. The van der Waals surface area contributed by atoms with E-state index in [1.165, 1.54) is 86.2 Å². The SMILES string of the molecule is Cc1ncc(-c2cc3c(s2)-c2sc(-c4cnc(C)s4)cc2C(CCC(C)CCCC(C)C)(CCC(C)CCCC(C)C)O3)s1. The van der Waals surface area contributed by atoms with Gasteiger partial charge in [0.05, 0.1) is 34.4 Å². The topological polar surface area (TPSA) is 35.0 Å². The van der Waals surface area contributed by atoms with Crippen LogP contribution in [0.15, 0.2) is 24.5 Å². The average Bonchev–Trinajstić information content (AvgIpc) is 3.76. The van der Waals surface area contributed by atoms with Crippen LogP contribution in [0.1, 0.15) is 121 Å². The van der Waals surface area contributed by atoms with Gasteiger partial charge in [-0.1, -0.05) is 80.1 Å². The first-order chi connectivity index (χ1) is 21.0. The molecule has 0 N–H and O–H groups in total. The summed E-state index contributed by atoms with van der Waals surface area (Å²) in [5.41, 5.74) is 1.13. The maximum atomic E-state index is 7.38. The minimum atomic E-state index is -0.294. The van der Waals surface area contributed by atoms with Gasteiger partial charge in [0.2, 0.25) is 0 Å². The smallest absolute Gasteiger partial charge is 0.140 e. The van der Waals surface area contributed by atoms with Crippen molar-refractivity contribution in [3.8, 4) is 35.0 Å². The van der Waals surface area contributed by atoms with E-state index in [1.807, 2.05) is 28.9 Å². The van der Waals surface area contributed by atoms with Crippen LogP contribution in [-0.2, 0) is 5.60 Å². The molecule has 1 aliphatic rings. The number of rotatable bonds is 16. The van der Waals surface area contributed by atoms with Crippen molar-refractivity contribution in [2.75, 3.05) is 0 Å². The number of ether oxygens (including phenoxy) is 1. The van der Waals surface area contributed by atoms with Crippen molar-refractivity contribution in [1.82, 2.24) is 9.97 Å². The van der Waals surface area contributed by atoms with Crippen molar-refractivity contribution in [2.24, 2.45) is 23.7 Å². The molecule has 0 aromatic carbocycles. The first-order valence-corrected chi connectivity index (χ1v) is 20.1. The Morgan fingerprint density at radius 1 is 0.614 bits per heavy atom. The molecule has 3 nitrogen and oxygen atoms in total. The number of thiophene rings is 2. The molecule has 0 spiro atoms. The summed E-state index contributed by atoms with van der Waals surface area (Å²) in [6.07, 6.45) is 16.5. The monoisotopic (exact) mass is 668 g/mol. The van der Waals surface area contributed by atoms with E-state index >= 15 is 0 Å². The Morgan fingerprint density at radius 2 is 1.11 bits per heavy atom. The lowest BCUT2D eigenvalue weighted by Gasteiger charge is -2.39. The Morgan fingerprint density at radius 3 is 1.59 bits per heavy atom. The molecule has 0 fully saturated rings. The van der Waals surface area contributed by atoms with E-state index in [0.717, 1.165) is 40.4 Å². The molecule has 0 bridgehead atoms. The number of aryl methyl sites for hydroxylation is 2. The molecule has 44 heavy (non-hydrogen) atoms. The predicted molar refractivity (Wildman–Crippen MR) is 196 cm³/mol. The van der Waals surface area contributed by atoms with Crippen LogP contribution >= 0.6 is 45.3 Å². The lowest BCUT2D eigenvalue weighted by molar-refractivity contribution is 0.0324. The third kappa shape index (κ3) is 8.24. The van der Waals surface area contributed by atoms with E-state index < -0.39 is 0 Å². The van der Waals surface area contributed by atoms with Crippen molar-refractivity contribution in [2.45, 2.75) is 125 Å². The number of fused-ring (bicyclic) bond motifs is 3. The molecule has 0 aliphatic carbocycles. The molecule has 5 rings (SSSR count). The highest BCUT2D eigenvalue weighted by Gasteiger charge is 2.43. The van der Waals surface area contributed by atoms with Gasteiger partial charge in [0, 0.05) is 28.9 Å². The summed E-state index contributed by atoms with van der Waals surface area (Å²) in [5.74, 6) is 4.04. The molecule has 4 aromatic heterocycles. The van der Waals surface area contributed by atoms with Crippen LogP contribution in [0, 0.1) is 37.5 Å². The summed E-state index contributed by atoms with van der Waals surface area (Å²) in [7, 11) is 0. The number of aromatic nitrogens is 2. The fourth-order valence-corrected chi connectivity index (χ4v) is 10.6. The first kappa shape index (κ1) is 33.8. The number of nitrogens with zero attached hydrogens (tertiary/aromatic N) is 2. The van der Waals surface area contributed by atoms with Crippen molar-refractivity contribution >= 4 is 45.3 Å². The van der Waals surface area contributed by atoms with Gasteiger partial charge in [0.25, 0.3) is 0 Å². The number of hydrogen-bond donors (Lipinski definition) is 0. The highest BCUT2D eigenvalue weighted by molar-refractivity contribution is 7.28. The van der Waals surface area contributed by atoms with Crippen LogP contribution in [0.25, 0.3) is 29.3 Å². The Labute approximate surface area is 282 Å². The van der Waals surface area contributed by atoms with Crippen LogP contribution in [0.3, 0.4) is 0 Å². The Balaban J connectivity index is 1.50. The van der Waals surface area contributed by atoms with E-state index in [1.54, 1.807) is 22.7 Å². The molecule has 7 heteroatoms. The third-order valence-electron chi connectivity index (χ3n) is 9.20. The molecular formula is C37H52N2OS4. The maximum Gasteiger partial charge on any atom is 0.140 e. The van der Waals surface area contributed by atoms with Gasteiger partial charge in [-0.2, -0.15) is 0 Å². The molecule has 0 saturated carbocycles. The second-order valence-electron chi connectivity index (χ2n) is 14.2. The molecule has 240 valence electrons. The van der Waals surface area contributed by atoms with Gasteiger partial charge in [0.15, 0.2) is 0 Å². The zero-order valence-corrected chi connectivity index (χ0v) is 31.4. The predicted octanol–water partition coefficient (Wildman–Crippen LogP) is 13.4. The van der Waals surface area contributed by atoms with Crippen LogP contribution in [-0.4, -0.2) is 9.97 Å². The minimum absolute atomic E-state index is 0.294. The molecule has 5 heterocycles. The largest absolute Gasteiger partial charge is 0.481 e. The molecule has 0 amide bonds. The van der Waals surface area contributed by atoms with E-state index in [9.17, 15) is 0 Å². The summed E-state index contributed by atoms with van der Waals surface area (Å²) in [4.78, 5) is 17.0. The fourth-order valence-electron chi connectivity index (χ4n) is 6.46. The fraction of sp³-hybridized carbons (Fsp3) is 0.622. The average molecular weight is 669 g/mol. The Kier molecular flexibility index (Phi) is 11.5. The van der Waals surface area contributed by atoms with E-state index in [4.69, 9.17) is 4.74 Å². The van der Waals surface area contributed by atoms with Gasteiger partial charge in [-0.05, 0) is 69.3 Å². The summed E-state index contributed by atoms with van der Waals surface area (Å²) in [6, 6.07) is 4.80. The van der Waals surface area contributed by atoms with Crippen LogP contribution < -0.4 is 4.74 Å². The van der Waals surface area contributed by atoms with Crippen LogP contribution in [0.5, 0.6) is 5.75 Å². The summed E-state index contributed by atoms with van der Waals surface area (Å²) >= 11 is 7.41. The molecule has 0 saturated heterocycles. The maximum absolute atomic E-state index is 7.38. The zero-order valence-electron chi connectivity index (χ0n) is 28.1. The van der Waals surface area contributed by atoms with Gasteiger partial charge >= 0.3 is 0 Å². The van der Waals surface area contributed by atoms with E-state index in [-0.39, 0.29) is 5.60 Å². The highest BCUT2D eigenvalue weighted by Crippen LogP contribution is 2.58. The first-order valence-electron chi connectivity index (χ1n) is 16.9. The quantitative estimate of drug-likeness (QED) is 0.119. The van der Waals surface area contributed by atoms with Gasteiger partial charge in [-0.15, -0.1) is 45.3 Å². The Hall–Kier alpha value is -1.54. The van der Waals surface area contributed by atoms with Gasteiger partial charge in [-0.25, -0.2) is 9.97 Å². The van der Waals surface area contributed by atoms with Gasteiger partial charge in [-0.3, -0.25) is 0 Å². The summed E-state index contributed by atoms with van der Waals surface area (Å²) < 4.78 is 7.38. The molecule has 2 atom stereocenters. The minimum Gasteiger partial charge on any atom is -0.481 e. The normalized spacial score (nSPS) is 17.6. The summed E-state index contributed by atoms with van der Waals surface area (Å²) in [5, 5.41) is 2.23. The highest BCUT2D eigenvalue weighted by atomic mass is 32.1. The standard InChI is InChI=1S/C37H52N2OS4/c1-23(2)11-9-13-25(5)15-17-37(18-16-26(6)14-10-12-24(3)4)29-19-31(33-21-38-27(7)41-33)43-35(29)36-30(40-37)20-32(44-36)34-22-39-28(8)42-34/h19-26H,9-18H2,1-8H3. The lowest BCUT2D eigenvalue weighted by Crippen LogP contribution is -2.36. The Bertz CT molecular complexity index is 1460. The third-order valence-corrected chi connectivity index (χ3v) is 13.8. The van der Waals surface area contributed by atoms with E-state index in [0.29, 0.717) is 11.8 Å². The molecule has 0 radical (unpaired) electrons. The second kappa shape index (κ2) is 14.9. The van der Waals surface area contributed by atoms with Crippen molar-refractivity contribution < 1.29 is 4.74 Å². The van der Waals surface area contributed by atoms with E-state index in [2.05, 4.69) is 83.7 Å². The summed E-state index contributed by atoms with van der Waals surface area (Å²) in [6.45, 7) is 18.5. The second-order valence-corrected chi connectivity index (χ2v) is 18.8. The zero-order chi connectivity index (χ0) is 31.4. The van der Waals surface area contributed by atoms with Crippen LogP contribution in [0.4, 0.5) is 0 Å². The molecule has 1 aliphatic heterocycles. The van der Waals surface area contributed by atoms with Gasteiger partial charge < -0.3 is 4.74 Å².